The SMILES string of the molecule is N#Cc1ccc(-n2cnc(C#N)c2C#N)cc1Br. The van der Waals surface area contributed by atoms with Gasteiger partial charge in [-0.2, -0.15) is 15.8 Å². The van der Waals surface area contributed by atoms with Crippen molar-refractivity contribution in [2.45, 2.75) is 0 Å². The van der Waals surface area contributed by atoms with Crippen molar-refractivity contribution in [3.05, 3.63) is 46.0 Å². The molecule has 0 saturated carbocycles. The molecule has 6 heteroatoms. The topological polar surface area (TPSA) is 89.2 Å². The molecule has 0 aliphatic rings. The molecule has 0 atom stereocenters. The summed E-state index contributed by atoms with van der Waals surface area (Å²) in [5.41, 5.74) is 1.41. The minimum Gasteiger partial charge on any atom is -0.289 e. The highest BCUT2D eigenvalue weighted by molar-refractivity contribution is 9.10. The Hall–Kier alpha value is -2.62. The van der Waals surface area contributed by atoms with Gasteiger partial charge in [0.15, 0.2) is 11.4 Å². The predicted octanol–water partition coefficient (Wildman–Crippen LogP) is 2.25. The summed E-state index contributed by atoms with van der Waals surface area (Å²) in [4.78, 5) is 3.85. The van der Waals surface area contributed by atoms with Crippen LogP contribution in [0.25, 0.3) is 5.69 Å². The average molecular weight is 298 g/mol. The lowest BCUT2D eigenvalue weighted by molar-refractivity contribution is 1.03. The minimum atomic E-state index is 0.0815. The van der Waals surface area contributed by atoms with Crippen molar-refractivity contribution in [2.24, 2.45) is 0 Å². The molecule has 1 aromatic carbocycles. The quantitative estimate of drug-likeness (QED) is 0.807. The van der Waals surface area contributed by atoms with Crippen LogP contribution in [0.1, 0.15) is 17.0 Å². The van der Waals surface area contributed by atoms with Crippen molar-refractivity contribution in [1.29, 1.82) is 15.8 Å². The maximum Gasteiger partial charge on any atom is 0.177 e. The van der Waals surface area contributed by atoms with Crippen LogP contribution in [0.5, 0.6) is 0 Å². The van der Waals surface area contributed by atoms with E-state index in [0.29, 0.717) is 15.7 Å². The summed E-state index contributed by atoms with van der Waals surface area (Å²) in [5.74, 6) is 0. The molecule has 5 nitrogen and oxygen atoms in total. The van der Waals surface area contributed by atoms with Gasteiger partial charge >= 0.3 is 0 Å². The van der Waals surface area contributed by atoms with Crippen LogP contribution in [0, 0.1) is 34.0 Å². The van der Waals surface area contributed by atoms with E-state index in [4.69, 9.17) is 15.8 Å². The first-order valence-electron chi connectivity index (χ1n) is 4.79. The van der Waals surface area contributed by atoms with E-state index in [9.17, 15) is 0 Å². The molecular formula is C12H4BrN5. The predicted molar refractivity (Wildman–Crippen MR) is 65.4 cm³/mol. The molecule has 0 aliphatic heterocycles. The Labute approximate surface area is 111 Å². The van der Waals surface area contributed by atoms with E-state index in [-0.39, 0.29) is 11.4 Å². The molecule has 0 bridgehead atoms. The molecule has 84 valence electrons. The van der Waals surface area contributed by atoms with Crippen molar-refractivity contribution in [2.75, 3.05) is 0 Å². The van der Waals surface area contributed by atoms with Crippen molar-refractivity contribution in [1.82, 2.24) is 9.55 Å². The summed E-state index contributed by atoms with van der Waals surface area (Å²) in [5, 5.41) is 26.7. The van der Waals surface area contributed by atoms with Crippen LogP contribution in [-0.2, 0) is 0 Å². The largest absolute Gasteiger partial charge is 0.289 e. The molecule has 2 rings (SSSR count). The lowest BCUT2D eigenvalue weighted by Crippen LogP contribution is -1.97. The van der Waals surface area contributed by atoms with Gasteiger partial charge < -0.3 is 0 Å². The van der Waals surface area contributed by atoms with E-state index in [1.54, 1.807) is 18.2 Å². The zero-order valence-electron chi connectivity index (χ0n) is 8.92. The molecular weight excluding hydrogens is 294 g/mol. The molecule has 1 aromatic heterocycles. The van der Waals surface area contributed by atoms with E-state index in [0.717, 1.165) is 0 Å². The van der Waals surface area contributed by atoms with Gasteiger partial charge in [0.2, 0.25) is 0 Å². The molecule has 0 aliphatic carbocycles. The Morgan fingerprint density at radius 3 is 2.44 bits per heavy atom. The second-order valence-electron chi connectivity index (χ2n) is 3.31. The van der Waals surface area contributed by atoms with Crippen LogP contribution in [0.4, 0.5) is 0 Å². The fourth-order valence-electron chi connectivity index (χ4n) is 1.48. The Bertz CT molecular complexity index is 739. The molecule has 1 heterocycles. The zero-order chi connectivity index (χ0) is 13.1. The summed E-state index contributed by atoms with van der Waals surface area (Å²) in [7, 11) is 0. The minimum absolute atomic E-state index is 0.0815. The van der Waals surface area contributed by atoms with Crippen LogP contribution in [0.2, 0.25) is 0 Å². The standard InChI is InChI=1S/C12H4BrN5/c13-10-3-9(2-1-8(10)4-14)18-7-17-11(5-15)12(18)6-16/h1-3,7H. The van der Waals surface area contributed by atoms with Gasteiger partial charge in [-0.25, -0.2) is 4.98 Å². The van der Waals surface area contributed by atoms with Gasteiger partial charge in [-0.05, 0) is 34.1 Å². The van der Waals surface area contributed by atoms with Gasteiger partial charge in [0, 0.05) is 10.2 Å². The number of imidazole rings is 1. The molecule has 0 fully saturated rings. The van der Waals surface area contributed by atoms with Crippen LogP contribution >= 0.6 is 15.9 Å². The second-order valence-corrected chi connectivity index (χ2v) is 4.17. The van der Waals surface area contributed by atoms with Gasteiger partial charge in [0.25, 0.3) is 0 Å². The van der Waals surface area contributed by atoms with E-state index in [2.05, 4.69) is 20.9 Å². The first kappa shape index (κ1) is 11.9. The third-order valence-corrected chi connectivity index (χ3v) is 2.99. The fraction of sp³-hybridized carbons (Fsp3) is 0. The normalized spacial score (nSPS) is 9.22. The Morgan fingerprint density at radius 2 is 1.89 bits per heavy atom. The molecule has 0 N–H and O–H groups in total. The van der Waals surface area contributed by atoms with Gasteiger partial charge in [-0.3, -0.25) is 4.57 Å². The Kier molecular flexibility index (Phi) is 3.10. The number of nitriles is 3. The summed E-state index contributed by atoms with van der Waals surface area (Å²) in [6.45, 7) is 0. The van der Waals surface area contributed by atoms with E-state index in [1.165, 1.54) is 10.9 Å². The number of aromatic nitrogens is 2. The highest BCUT2D eigenvalue weighted by Crippen LogP contribution is 2.21. The van der Waals surface area contributed by atoms with E-state index in [1.807, 2.05) is 18.2 Å². The monoisotopic (exact) mass is 297 g/mol. The van der Waals surface area contributed by atoms with Gasteiger partial charge in [0.1, 0.15) is 24.5 Å². The number of hydrogen-bond acceptors (Lipinski definition) is 4. The average Bonchev–Trinajstić information content (AvgIpc) is 2.81. The molecule has 0 unspecified atom stereocenters. The third kappa shape index (κ3) is 1.84. The molecule has 0 radical (unpaired) electrons. The number of halogens is 1. The summed E-state index contributed by atoms with van der Waals surface area (Å²) in [6, 6.07) is 10.8. The van der Waals surface area contributed by atoms with Crippen LogP contribution in [0.15, 0.2) is 29.0 Å². The number of nitrogens with zero attached hydrogens (tertiary/aromatic N) is 5. The van der Waals surface area contributed by atoms with Crippen LogP contribution in [0.3, 0.4) is 0 Å². The second kappa shape index (κ2) is 4.71. The van der Waals surface area contributed by atoms with Crippen molar-refractivity contribution in [3.8, 4) is 23.9 Å². The molecule has 0 spiro atoms. The summed E-state index contributed by atoms with van der Waals surface area (Å²) in [6.07, 6.45) is 1.41. The molecule has 18 heavy (non-hydrogen) atoms. The lowest BCUT2D eigenvalue weighted by atomic mass is 10.2. The summed E-state index contributed by atoms with van der Waals surface area (Å²) < 4.78 is 2.13. The fourth-order valence-corrected chi connectivity index (χ4v) is 1.93. The molecule has 0 saturated heterocycles. The number of hydrogen-bond donors (Lipinski definition) is 0. The highest BCUT2D eigenvalue weighted by atomic mass is 79.9. The van der Waals surface area contributed by atoms with E-state index >= 15 is 0 Å². The van der Waals surface area contributed by atoms with Crippen molar-refractivity contribution >= 4 is 15.9 Å². The maximum absolute atomic E-state index is 9.02. The lowest BCUT2D eigenvalue weighted by Gasteiger charge is -2.04. The first-order chi connectivity index (χ1) is 8.71. The maximum atomic E-state index is 9.02. The van der Waals surface area contributed by atoms with Crippen LogP contribution < -0.4 is 0 Å². The van der Waals surface area contributed by atoms with Gasteiger partial charge in [0.05, 0.1) is 5.56 Å². The Morgan fingerprint density at radius 1 is 1.11 bits per heavy atom. The third-order valence-electron chi connectivity index (χ3n) is 2.33. The number of benzene rings is 1. The Balaban J connectivity index is 2.62. The van der Waals surface area contributed by atoms with Gasteiger partial charge in [-0.1, -0.05) is 0 Å². The van der Waals surface area contributed by atoms with E-state index < -0.39 is 0 Å². The smallest absolute Gasteiger partial charge is 0.177 e. The van der Waals surface area contributed by atoms with Crippen molar-refractivity contribution in [3.63, 3.8) is 0 Å². The molecule has 0 amide bonds. The highest BCUT2D eigenvalue weighted by Gasteiger charge is 2.12. The van der Waals surface area contributed by atoms with Crippen LogP contribution in [-0.4, -0.2) is 9.55 Å². The summed E-state index contributed by atoms with van der Waals surface area (Å²) >= 11 is 3.27. The van der Waals surface area contributed by atoms with Crippen molar-refractivity contribution < 1.29 is 0 Å². The number of rotatable bonds is 1. The molecule has 2 aromatic rings. The zero-order valence-corrected chi connectivity index (χ0v) is 10.5. The first-order valence-corrected chi connectivity index (χ1v) is 5.58. The van der Waals surface area contributed by atoms with Gasteiger partial charge in [-0.15, -0.1) is 0 Å².